The van der Waals surface area contributed by atoms with Crippen molar-refractivity contribution in [1.29, 1.82) is 0 Å². The molecule has 2 aromatic heterocycles. The Morgan fingerprint density at radius 3 is 2.49 bits per heavy atom. The highest BCUT2D eigenvalue weighted by Gasteiger charge is 2.35. The van der Waals surface area contributed by atoms with Crippen LogP contribution in [0.25, 0.3) is 11.0 Å². The van der Waals surface area contributed by atoms with Gasteiger partial charge in [0.1, 0.15) is 17.2 Å². The number of likely N-dealkylation sites (tertiary alicyclic amines) is 1. The first-order chi connectivity index (χ1) is 18.3. The highest BCUT2D eigenvalue weighted by molar-refractivity contribution is 5.99. The maximum absolute atomic E-state index is 15.2. The monoisotopic (exact) mass is 559 g/mol. The number of halogens is 7. The second-order valence-electron chi connectivity index (χ2n) is 9.76. The standard InChI is InChI=1S/C25H24F7N5O2/c26-17-10-34-22-21(16-11-36(12-24(27,28)29)6-5-19(16)35-22)20(17)13-3-7-37(8-4-13)23(38)15-2-1-14(9-18(15)33)39-25(30,31)32/h1-2,9-10,13H,3-8,11-12,33H2,(H,34,35). The lowest BCUT2D eigenvalue weighted by atomic mass is 9.86. The Labute approximate surface area is 217 Å². The van der Waals surface area contributed by atoms with Crippen LogP contribution >= 0.6 is 0 Å². The number of hydrogen-bond acceptors (Lipinski definition) is 5. The van der Waals surface area contributed by atoms with Crippen LogP contribution in [0.5, 0.6) is 5.75 Å². The average Bonchev–Trinajstić information content (AvgIpc) is 3.20. The molecule has 3 aromatic rings. The molecule has 0 atom stereocenters. The van der Waals surface area contributed by atoms with Gasteiger partial charge in [-0.25, -0.2) is 9.37 Å². The smallest absolute Gasteiger partial charge is 0.406 e. The van der Waals surface area contributed by atoms with Gasteiger partial charge in [-0.15, -0.1) is 13.2 Å². The number of aromatic nitrogens is 2. The van der Waals surface area contributed by atoms with Gasteiger partial charge in [0.25, 0.3) is 5.91 Å². The first-order valence-electron chi connectivity index (χ1n) is 12.2. The van der Waals surface area contributed by atoms with Gasteiger partial charge in [0.15, 0.2) is 0 Å². The third kappa shape index (κ3) is 5.75. The molecule has 0 bridgehead atoms. The number of alkyl halides is 6. The van der Waals surface area contributed by atoms with Gasteiger partial charge >= 0.3 is 12.5 Å². The number of carbonyl (C=O) groups is 1. The summed E-state index contributed by atoms with van der Waals surface area (Å²) in [7, 11) is 0. The third-order valence-electron chi connectivity index (χ3n) is 7.15. The zero-order valence-corrected chi connectivity index (χ0v) is 20.4. The summed E-state index contributed by atoms with van der Waals surface area (Å²) < 4.78 is 95.4. The number of piperidine rings is 1. The molecule has 2 aliphatic rings. The van der Waals surface area contributed by atoms with E-state index >= 15 is 4.39 Å². The molecule has 0 unspecified atom stereocenters. The summed E-state index contributed by atoms with van der Waals surface area (Å²) in [5.41, 5.74) is 7.79. The Morgan fingerprint density at radius 2 is 1.85 bits per heavy atom. The predicted octanol–water partition coefficient (Wildman–Crippen LogP) is 5.12. The number of aromatic amines is 1. The summed E-state index contributed by atoms with van der Waals surface area (Å²) in [5.74, 6) is -1.91. The van der Waals surface area contributed by atoms with Gasteiger partial charge < -0.3 is 20.4 Å². The summed E-state index contributed by atoms with van der Waals surface area (Å²) in [5, 5.41) is 0.492. The molecule has 4 heterocycles. The van der Waals surface area contributed by atoms with Crippen molar-refractivity contribution in [3.8, 4) is 5.75 Å². The number of rotatable bonds is 4. The van der Waals surface area contributed by atoms with Crippen molar-refractivity contribution in [2.24, 2.45) is 0 Å². The first kappa shape index (κ1) is 27.0. The zero-order chi connectivity index (χ0) is 28.1. The minimum Gasteiger partial charge on any atom is -0.406 e. The number of H-pyrrole nitrogens is 1. The molecule has 2 aliphatic heterocycles. The van der Waals surface area contributed by atoms with E-state index in [1.807, 2.05) is 0 Å². The predicted molar refractivity (Wildman–Crippen MR) is 127 cm³/mol. The van der Waals surface area contributed by atoms with Crippen molar-refractivity contribution in [3.05, 3.63) is 52.6 Å². The van der Waals surface area contributed by atoms with Gasteiger partial charge in [0.2, 0.25) is 0 Å². The molecule has 3 N–H and O–H groups in total. The van der Waals surface area contributed by atoms with Crippen LogP contribution in [0.2, 0.25) is 0 Å². The fourth-order valence-corrected chi connectivity index (χ4v) is 5.49. The van der Waals surface area contributed by atoms with Crippen molar-refractivity contribution in [1.82, 2.24) is 19.8 Å². The number of nitrogens with one attached hydrogen (secondary N) is 1. The molecule has 1 aromatic carbocycles. The lowest BCUT2D eigenvalue weighted by molar-refractivity contribution is -0.274. The summed E-state index contributed by atoms with van der Waals surface area (Å²) in [6, 6.07) is 3.09. The maximum Gasteiger partial charge on any atom is 0.573 e. The quantitative estimate of drug-likeness (QED) is 0.342. The minimum atomic E-state index is -4.90. The fourth-order valence-electron chi connectivity index (χ4n) is 5.49. The normalized spacial score (nSPS) is 17.5. The SMILES string of the molecule is Nc1cc(OC(F)(F)F)ccc1C(=O)N1CCC(c2c(F)cnc3[nH]c4c(c23)CN(CC(F)(F)F)CC4)CC1. The van der Waals surface area contributed by atoms with E-state index in [4.69, 9.17) is 5.73 Å². The molecule has 1 amide bonds. The fraction of sp³-hybridized carbons (Fsp3) is 0.440. The lowest BCUT2D eigenvalue weighted by Gasteiger charge is -2.33. The summed E-state index contributed by atoms with van der Waals surface area (Å²) in [6.07, 6.45) is -7.08. The number of hydrogen-bond donors (Lipinski definition) is 2. The van der Waals surface area contributed by atoms with Crippen molar-refractivity contribution >= 4 is 22.6 Å². The molecule has 5 rings (SSSR count). The molecule has 1 saturated heterocycles. The van der Waals surface area contributed by atoms with Crippen molar-refractivity contribution in [2.45, 2.75) is 44.3 Å². The highest BCUT2D eigenvalue weighted by Crippen LogP contribution is 2.39. The van der Waals surface area contributed by atoms with E-state index in [0.717, 1.165) is 30.1 Å². The first-order valence-corrected chi connectivity index (χ1v) is 12.2. The summed E-state index contributed by atoms with van der Waals surface area (Å²) in [6.45, 7) is -0.397. The number of nitrogen functional groups attached to an aromatic ring is 1. The van der Waals surface area contributed by atoms with Crippen molar-refractivity contribution in [3.63, 3.8) is 0 Å². The van der Waals surface area contributed by atoms with Gasteiger partial charge in [0, 0.05) is 61.0 Å². The molecule has 14 heteroatoms. The lowest BCUT2D eigenvalue weighted by Crippen LogP contribution is -2.38. The number of amides is 1. The molecule has 0 saturated carbocycles. The second kappa shape index (κ2) is 9.88. The summed E-state index contributed by atoms with van der Waals surface area (Å²) >= 11 is 0. The van der Waals surface area contributed by atoms with Crippen molar-refractivity contribution in [2.75, 3.05) is 31.9 Å². The maximum atomic E-state index is 15.2. The van der Waals surface area contributed by atoms with Gasteiger partial charge in [-0.2, -0.15) is 13.2 Å². The van der Waals surface area contributed by atoms with Crippen LogP contribution in [0.15, 0.2) is 24.4 Å². The van der Waals surface area contributed by atoms with E-state index in [1.54, 1.807) is 0 Å². The van der Waals surface area contributed by atoms with Crippen LogP contribution in [0.3, 0.4) is 0 Å². The zero-order valence-electron chi connectivity index (χ0n) is 20.4. The third-order valence-corrected chi connectivity index (χ3v) is 7.15. The topological polar surface area (TPSA) is 87.5 Å². The van der Waals surface area contributed by atoms with E-state index in [1.165, 1.54) is 9.80 Å². The van der Waals surface area contributed by atoms with Crippen molar-refractivity contribution < 1.29 is 40.3 Å². The van der Waals surface area contributed by atoms with E-state index in [0.29, 0.717) is 41.4 Å². The van der Waals surface area contributed by atoms with Crippen LogP contribution in [0.4, 0.5) is 36.4 Å². The number of nitrogens with two attached hydrogens (primary N) is 1. The van der Waals surface area contributed by atoms with Crippen LogP contribution in [-0.2, 0) is 13.0 Å². The number of fused-ring (bicyclic) bond motifs is 3. The largest absolute Gasteiger partial charge is 0.573 e. The highest BCUT2D eigenvalue weighted by atomic mass is 19.4. The minimum absolute atomic E-state index is 0.0115. The Bertz CT molecular complexity index is 1390. The molecule has 1 fully saturated rings. The van der Waals surface area contributed by atoms with Gasteiger partial charge in [-0.1, -0.05) is 0 Å². The Hall–Kier alpha value is -3.55. The van der Waals surface area contributed by atoms with Crippen LogP contribution < -0.4 is 10.5 Å². The average molecular weight is 559 g/mol. The van der Waals surface area contributed by atoms with E-state index < -0.39 is 36.6 Å². The number of benzene rings is 1. The van der Waals surface area contributed by atoms with Gasteiger partial charge in [0.05, 0.1) is 18.3 Å². The number of nitrogens with zero attached hydrogens (tertiary/aromatic N) is 3. The van der Waals surface area contributed by atoms with Crippen LogP contribution in [-0.4, -0.2) is 64.4 Å². The number of anilines is 1. The molecular formula is C25H24F7N5O2. The molecule has 0 spiro atoms. The van der Waals surface area contributed by atoms with Gasteiger partial charge in [-0.3, -0.25) is 9.69 Å². The van der Waals surface area contributed by atoms with Crippen LogP contribution in [0, 0.1) is 5.82 Å². The Morgan fingerprint density at radius 1 is 1.13 bits per heavy atom. The molecule has 39 heavy (non-hydrogen) atoms. The van der Waals surface area contributed by atoms with Gasteiger partial charge in [-0.05, 0) is 36.5 Å². The van der Waals surface area contributed by atoms with E-state index in [2.05, 4.69) is 14.7 Å². The molecule has 7 nitrogen and oxygen atoms in total. The molecule has 210 valence electrons. The Kier molecular flexibility index (Phi) is 6.85. The molecule has 0 aliphatic carbocycles. The number of pyridine rings is 1. The summed E-state index contributed by atoms with van der Waals surface area (Å²) in [4.78, 5) is 23.1. The Balaban J connectivity index is 1.34. The van der Waals surface area contributed by atoms with E-state index in [9.17, 15) is 31.1 Å². The second-order valence-corrected chi connectivity index (χ2v) is 9.76. The number of ether oxygens (including phenoxy) is 1. The molecule has 0 radical (unpaired) electrons. The van der Waals surface area contributed by atoms with E-state index in [-0.39, 0.29) is 43.3 Å². The van der Waals surface area contributed by atoms with Crippen LogP contribution in [0.1, 0.15) is 45.9 Å². The number of carbonyl (C=O) groups excluding carboxylic acids is 1. The molecular weight excluding hydrogens is 535 g/mol.